The molecule has 1 atom stereocenters. The number of anilines is 1. The predicted molar refractivity (Wildman–Crippen MR) is 78.6 cm³/mol. The number of methoxy groups -OCH3 is 1. The van der Waals surface area contributed by atoms with Crippen LogP contribution in [0, 0.1) is 19.8 Å². The third-order valence-corrected chi connectivity index (χ3v) is 3.45. The molecular formula is C15H26N2O. The van der Waals surface area contributed by atoms with Crippen molar-refractivity contribution < 1.29 is 4.74 Å². The molecule has 102 valence electrons. The quantitative estimate of drug-likeness (QED) is 0.843. The summed E-state index contributed by atoms with van der Waals surface area (Å²) in [4.78, 5) is 2.28. The van der Waals surface area contributed by atoms with E-state index in [4.69, 9.17) is 10.5 Å². The van der Waals surface area contributed by atoms with Gasteiger partial charge >= 0.3 is 0 Å². The number of ether oxygens (including phenoxy) is 1. The zero-order chi connectivity index (χ0) is 13.7. The molecule has 0 fully saturated rings. The molecule has 1 aromatic rings. The van der Waals surface area contributed by atoms with Gasteiger partial charge in [-0.1, -0.05) is 6.92 Å². The van der Waals surface area contributed by atoms with E-state index in [9.17, 15) is 0 Å². The van der Waals surface area contributed by atoms with Gasteiger partial charge in [-0.25, -0.2) is 0 Å². The molecule has 3 nitrogen and oxygen atoms in total. The van der Waals surface area contributed by atoms with Crippen molar-refractivity contribution >= 4 is 5.69 Å². The van der Waals surface area contributed by atoms with Crippen molar-refractivity contribution in [3.05, 3.63) is 23.3 Å². The number of aryl methyl sites for hydroxylation is 2. The largest absolute Gasteiger partial charge is 0.496 e. The molecule has 18 heavy (non-hydrogen) atoms. The van der Waals surface area contributed by atoms with Crippen LogP contribution in [-0.4, -0.2) is 27.2 Å². The number of rotatable bonds is 6. The summed E-state index contributed by atoms with van der Waals surface area (Å²) in [5.74, 6) is 1.57. The number of hydrogen-bond acceptors (Lipinski definition) is 3. The molecule has 0 saturated carbocycles. The van der Waals surface area contributed by atoms with E-state index in [0.29, 0.717) is 5.92 Å². The zero-order valence-corrected chi connectivity index (χ0v) is 12.3. The van der Waals surface area contributed by atoms with Gasteiger partial charge in [-0.05, 0) is 56.0 Å². The summed E-state index contributed by atoms with van der Waals surface area (Å²) in [5.41, 5.74) is 9.27. The molecule has 0 spiro atoms. The lowest BCUT2D eigenvalue weighted by Gasteiger charge is -2.23. The van der Waals surface area contributed by atoms with Gasteiger partial charge in [0.25, 0.3) is 0 Å². The van der Waals surface area contributed by atoms with Gasteiger partial charge < -0.3 is 15.4 Å². The summed E-state index contributed by atoms with van der Waals surface area (Å²) in [5, 5.41) is 0. The first-order valence-electron chi connectivity index (χ1n) is 6.56. The SMILES string of the molecule is COc1c(C)cc(N(C)CCC(C)CN)cc1C. The molecule has 2 N–H and O–H groups in total. The Hall–Kier alpha value is -1.22. The standard InChI is InChI=1S/C15H26N2O/c1-11(10-16)6-7-17(4)14-8-12(2)15(18-5)13(3)9-14/h8-9,11H,6-7,10,16H2,1-5H3. The predicted octanol–water partition coefficient (Wildman–Crippen LogP) is 2.73. The van der Waals surface area contributed by atoms with E-state index < -0.39 is 0 Å². The van der Waals surface area contributed by atoms with E-state index in [1.165, 1.54) is 16.8 Å². The molecule has 0 aliphatic carbocycles. The average molecular weight is 250 g/mol. The normalized spacial score (nSPS) is 12.3. The second kappa shape index (κ2) is 6.64. The Morgan fingerprint density at radius 1 is 1.28 bits per heavy atom. The lowest BCUT2D eigenvalue weighted by molar-refractivity contribution is 0.408. The van der Waals surface area contributed by atoms with Crippen molar-refractivity contribution in [2.24, 2.45) is 11.7 Å². The second-order valence-electron chi connectivity index (χ2n) is 5.16. The molecule has 0 amide bonds. The minimum atomic E-state index is 0.577. The van der Waals surface area contributed by atoms with Gasteiger partial charge in [-0.15, -0.1) is 0 Å². The smallest absolute Gasteiger partial charge is 0.124 e. The first-order valence-corrected chi connectivity index (χ1v) is 6.56. The van der Waals surface area contributed by atoms with Gasteiger partial charge in [0.15, 0.2) is 0 Å². The summed E-state index contributed by atoms with van der Waals surface area (Å²) >= 11 is 0. The second-order valence-corrected chi connectivity index (χ2v) is 5.16. The maximum Gasteiger partial charge on any atom is 0.124 e. The number of nitrogens with zero attached hydrogens (tertiary/aromatic N) is 1. The van der Waals surface area contributed by atoms with Gasteiger partial charge in [-0.3, -0.25) is 0 Å². The molecule has 0 saturated heterocycles. The Balaban J connectivity index is 2.77. The van der Waals surface area contributed by atoms with Gasteiger partial charge in [-0.2, -0.15) is 0 Å². The van der Waals surface area contributed by atoms with Crippen molar-refractivity contribution in [3.8, 4) is 5.75 Å². The van der Waals surface area contributed by atoms with Crippen LogP contribution in [0.2, 0.25) is 0 Å². The van der Waals surface area contributed by atoms with Crippen LogP contribution in [-0.2, 0) is 0 Å². The number of benzene rings is 1. The van der Waals surface area contributed by atoms with Crippen molar-refractivity contribution in [1.82, 2.24) is 0 Å². The molecule has 0 bridgehead atoms. The van der Waals surface area contributed by atoms with Crippen LogP contribution in [0.25, 0.3) is 0 Å². The molecule has 0 aliphatic heterocycles. The van der Waals surface area contributed by atoms with Crippen molar-refractivity contribution in [1.29, 1.82) is 0 Å². The summed E-state index contributed by atoms with van der Waals surface area (Å²) in [6.45, 7) is 8.16. The molecule has 3 heteroatoms. The van der Waals surface area contributed by atoms with Crippen molar-refractivity contribution in [2.45, 2.75) is 27.2 Å². The molecule has 1 unspecified atom stereocenters. The van der Waals surface area contributed by atoms with E-state index >= 15 is 0 Å². The lowest BCUT2D eigenvalue weighted by Crippen LogP contribution is -2.23. The monoisotopic (exact) mass is 250 g/mol. The van der Waals surface area contributed by atoms with Crippen LogP contribution >= 0.6 is 0 Å². The molecule has 0 aliphatic rings. The highest BCUT2D eigenvalue weighted by molar-refractivity contribution is 5.56. The Labute approximate surface area is 111 Å². The van der Waals surface area contributed by atoms with Crippen LogP contribution in [0.1, 0.15) is 24.5 Å². The molecule has 0 radical (unpaired) electrons. The molecule has 1 rings (SSSR count). The summed E-state index contributed by atoms with van der Waals surface area (Å²) in [6, 6.07) is 4.36. The minimum Gasteiger partial charge on any atom is -0.496 e. The van der Waals surface area contributed by atoms with Gasteiger partial charge in [0.2, 0.25) is 0 Å². The first-order chi connectivity index (χ1) is 8.49. The van der Waals surface area contributed by atoms with E-state index in [1.807, 2.05) is 0 Å². The Bertz CT molecular complexity index is 367. The van der Waals surface area contributed by atoms with Gasteiger partial charge in [0.05, 0.1) is 7.11 Å². The molecular weight excluding hydrogens is 224 g/mol. The average Bonchev–Trinajstić information content (AvgIpc) is 2.34. The molecule has 0 aromatic heterocycles. The van der Waals surface area contributed by atoms with Crippen LogP contribution in [0.5, 0.6) is 5.75 Å². The lowest BCUT2D eigenvalue weighted by atomic mass is 10.1. The van der Waals surface area contributed by atoms with Gasteiger partial charge in [0, 0.05) is 19.3 Å². The fourth-order valence-electron chi connectivity index (χ4n) is 2.13. The number of hydrogen-bond donors (Lipinski definition) is 1. The van der Waals surface area contributed by atoms with Crippen molar-refractivity contribution in [2.75, 3.05) is 32.1 Å². The fraction of sp³-hybridized carbons (Fsp3) is 0.600. The van der Waals surface area contributed by atoms with Crippen LogP contribution in [0.4, 0.5) is 5.69 Å². The van der Waals surface area contributed by atoms with E-state index in [0.717, 1.165) is 25.3 Å². The minimum absolute atomic E-state index is 0.577. The van der Waals surface area contributed by atoms with Gasteiger partial charge in [0.1, 0.15) is 5.75 Å². The van der Waals surface area contributed by atoms with E-state index in [1.54, 1.807) is 7.11 Å². The highest BCUT2D eigenvalue weighted by Gasteiger charge is 2.09. The van der Waals surface area contributed by atoms with Crippen LogP contribution in [0.15, 0.2) is 12.1 Å². The molecule has 0 heterocycles. The van der Waals surface area contributed by atoms with Crippen LogP contribution in [0.3, 0.4) is 0 Å². The third-order valence-electron chi connectivity index (χ3n) is 3.45. The molecule has 1 aromatic carbocycles. The van der Waals surface area contributed by atoms with Crippen molar-refractivity contribution in [3.63, 3.8) is 0 Å². The third kappa shape index (κ3) is 3.64. The van der Waals surface area contributed by atoms with E-state index in [2.05, 4.69) is 44.9 Å². The highest BCUT2D eigenvalue weighted by atomic mass is 16.5. The topological polar surface area (TPSA) is 38.5 Å². The maximum absolute atomic E-state index is 5.65. The Morgan fingerprint density at radius 2 is 1.83 bits per heavy atom. The van der Waals surface area contributed by atoms with E-state index in [-0.39, 0.29) is 0 Å². The highest BCUT2D eigenvalue weighted by Crippen LogP contribution is 2.28. The fourth-order valence-corrected chi connectivity index (χ4v) is 2.13. The zero-order valence-electron chi connectivity index (χ0n) is 12.3. The summed E-state index contributed by atoms with van der Waals surface area (Å²) in [7, 11) is 3.85. The van der Waals surface area contributed by atoms with Crippen LogP contribution < -0.4 is 15.4 Å². The Morgan fingerprint density at radius 3 is 2.28 bits per heavy atom. The first kappa shape index (κ1) is 14.8. The maximum atomic E-state index is 5.65. The Kier molecular flexibility index (Phi) is 5.48. The summed E-state index contributed by atoms with van der Waals surface area (Å²) < 4.78 is 5.39. The number of nitrogens with two attached hydrogens (primary N) is 1. The summed E-state index contributed by atoms with van der Waals surface area (Å²) in [6.07, 6.45) is 1.12.